The van der Waals surface area contributed by atoms with Crippen LogP contribution in [-0.2, 0) is 0 Å². The molecule has 21 heavy (non-hydrogen) atoms. The molecule has 0 unspecified atom stereocenters. The number of phenolic OH excluding ortho intramolecular Hbond substituents is 1. The zero-order valence-corrected chi connectivity index (χ0v) is 13.0. The molecule has 1 fully saturated rings. The Labute approximate surface area is 126 Å². The molecule has 1 heterocycles. The number of piperidine rings is 1. The Morgan fingerprint density at radius 2 is 2.10 bits per heavy atom. The summed E-state index contributed by atoms with van der Waals surface area (Å²) in [5, 5.41) is 9.95. The first kappa shape index (κ1) is 15.6. The largest absolute Gasteiger partial charge is 0.507 e. The molecule has 1 saturated heterocycles. The Balaban J connectivity index is 1.99. The molecular weight excluding hydrogens is 268 g/mol. The highest BCUT2D eigenvalue weighted by molar-refractivity contribution is 5.96. The van der Waals surface area contributed by atoms with E-state index in [1.54, 1.807) is 24.1 Å². The summed E-state index contributed by atoms with van der Waals surface area (Å²) in [6.07, 6.45) is 2.23. The molecule has 5 heteroatoms. The van der Waals surface area contributed by atoms with Gasteiger partial charge in [-0.2, -0.15) is 0 Å². The van der Waals surface area contributed by atoms with E-state index < -0.39 is 0 Å². The van der Waals surface area contributed by atoms with E-state index in [4.69, 9.17) is 4.74 Å². The number of methoxy groups -OCH3 is 1. The number of likely N-dealkylation sites (tertiary alicyclic amines) is 1. The van der Waals surface area contributed by atoms with Gasteiger partial charge in [-0.3, -0.25) is 4.79 Å². The van der Waals surface area contributed by atoms with Gasteiger partial charge in [0.2, 0.25) is 0 Å². The highest BCUT2D eigenvalue weighted by Crippen LogP contribution is 2.25. The predicted octanol–water partition coefficient (Wildman–Crippen LogP) is 1.81. The first-order valence-corrected chi connectivity index (χ1v) is 7.32. The van der Waals surface area contributed by atoms with Crippen molar-refractivity contribution in [2.24, 2.45) is 5.92 Å². The first-order chi connectivity index (χ1) is 10.0. The van der Waals surface area contributed by atoms with Crippen LogP contribution >= 0.6 is 0 Å². The second-order valence-electron chi connectivity index (χ2n) is 5.82. The van der Waals surface area contributed by atoms with Gasteiger partial charge in [-0.1, -0.05) is 0 Å². The maximum absolute atomic E-state index is 12.4. The van der Waals surface area contributed by atoms with Crippen LogP contribution in [0.4, 0.5) is 0 Å². The number of benzene rings is 1. The van der Waals surface area contributed by atoms with Crippen LogP contribution in [0.1, 0.15) is 23.2 Å². The van der Waals surface area contributed by atoms with Gasteiger partial charge in [0.05, 0.1) is 12.7 Å². The van der Waals surface area contributed by atoms with Crippen LogP contribution in [0.15, 0.2) is 18.2 Å². The number of nitrogens with zero attached hydrogens (tertiary/aromatic N) is 2. The van der Waals surface area contributed by atoms with E-state index in [0.717, 1.165) is 32.5 Å². The highest BCUT2D eigenvalue weighted by Gasteiger charge is 2.22. The van der Waals surface area contributed by atoms with Crippen LogP contribution in [0.25, 0.3) is 0 Å². The molecule has 1 aromatic carbocycles. The molecule has 116 valence electrons. The third kappa shape index (κ3) is 3.88. The lowest BCUT2D eigenvalue weighted by atomic mass is 9.96. The van der Waals surface area contributed by atoms with Gasteiger partial charge in [-0.15, -0.1) is 0 Å². The summed E-state index contributed by atoms with van der Waals surface area (Å²) in [4.78, 5) is 16.4. The van der Waals surface area contributed by atoms with E-state index >= 15 is 0 Å². The van der Waals surface area contributed by atoms with E-state index in [0.29, 0.717) is 17.2 Å². The second kappa shape index (κ2) is 6.80. The van der Waals surface area contributed by atoms with Gasteiger partial charge in [0.25, 0.3) is 5.91 Å². The molecule has 5 nitrogen and oxygen atoms in total. The standard InChI is InChI=1S/C16H24N2O3/c1-17-8-6-12(7-9-17)11-18(2)16(20)14-5-4-13(21-3)10-15(14)19/h4-5,10,12,19H,6-9,11H2,1-3H3. The average Bonchev–Trinajstić information content (AvgIpc) is 2.48. The normalized spacial score (nSPS) is 16.7. The number of hydrogen-bond acceptors (Lipinski definition) is 4. The van der Waals surface area contributed by atoms with Crippen molar-refractivity contribution in [2.75, 3.05) is 40.8 Å². The molecule has 0 saturated carbocycles. The van der Waals surface area contributed by atoms with Gasteiger partial charge in [0, 0.05) is 19.7 Å². The number of carbonyl (C=O) groups is 1. The monoisotopic (exact) mass is 292 g/mol. The number of ether oxygens (including phenoxy) is 1. The predicted molar refractivity (Wildman–Crippen MR) is 81.8 cm³/mol. The molecule has 1 aromatic rings. The van der Waals surface area contributed by atoms with Gasteiger partial charge in [-0.25, -0.2) is 0 Å². The molecule has 1 amide bonds. The third-order valence-corrected chi connectivity index (χ3v) is 4.15. The Morgan fingerprint density at radius 1 is 1.43 bits per heavy atom. The molecule has 1 N–H and O–H groups in total. The van der Waals surface area contributed by atoms with E-state index in [1.807, 2.05) is 0 Å². The van der Waals surface area contributed by atoms with Crippen LogP contribution in [0.3, 0.4) is 0 Å². The van der Waals surface area contributed by atoms with Crippen molar-refractivity contribution in [3.05, 3.63) is 23.8 Å². The van der Waals surface area contributed by atoms with Crippen LogP contribution in [-0.4, -0.2) is 61.7 Å². The van der Waals surface area contributed by atoms with Crippen molar-refractivity contribution in [3.63, 3.8) is 0 Å². The third-order valence-electron chi connectivity index (χ3n) is 4.15. The second-order valence-corrected chi connectivity index (χ2v) is 5.82. The molecule has 2 rings (SSSR count). The Bertz CT molecular complexity index is 496. The smallest absolute Gasteiger partial charge is 0.257 e. The van der Waals surface area contributed by atoms with E-state index in [9.17, 15) is 9.90 Å². The zero-order valence-electron chi connectivity index (χ0n) is 13.0. The fourth-order valence-corrected chi connectivity index (χ4v) is 2.74. The molecule has 0 radical (unpaired) electrons. The van der Waals surface area contributed by atoms with Crippen LogP contribution in [0.5, 0.6) is 11.5 Å². The minimum atomic E-state index is -0.144. The maximum atomic E-state index is 12.4. The molecule has 1 aliphatic heterocycles. The number of rotatable bonds is 4. The summed E-state index contributed by atoms with van der Waals surface area (Å²) < 4.78 is 5.03. The van der Waals surface area contributed by atoms with Crippen LogP contribution < -0.4 is 4.74 Å². The molecule has 0 spiro atoms. The number of amides is 1. The summed E-state index contributed by atoms with van der Waals surface area (Å²) in [5.41, 5.74) is 0.325. The van der Waals surface area contributed by atoms with Crippen LogP contribution in [0, 0.1) is 5.92 Å². The van der Waals surface area contributed by atoms with Crippen molar-refractivity contribution in [3.8, 4) is 11.5 Å². The Morgan fingerprint density at radius 3 is 2.67 bits per heavy atom. The van der Waals surface area contributed by atoms with Crippen molar-refractivity contribution in [1.29, 1.82) is 0 Å². The van der Waals surface area contributed by atoms with E-state index in [1.165, 1.54) is 13.2 Å². The van der Waals surface area contributed by atoms with Crippen molar-refractivity contribution in [2.45, 2.75) is 12.8 Å². The number of aromatic hydroxyl groups is 1. The molecule has 0 atom stereocenters. The molecular formula is C16H24N2O3. The Hall–Kier alpha value is -1.75. The topological polar surface area (TPSA) is 53.0 Å². The fourth-order valence-electron chi connectivity index (χ4n) is 2.74. The summed E-state index contributed by atoms with van der Waals surface area (Å²) in [6.45, 7) is 2.90. The lowest BCUT2D eigenvalue weighted by molar-refractivity contribution is 0.0744. The number of hydrogen-bond donors (Lipinski definition) is 1. The fraction of sp³-hybridized carbons (Fsp3) is 0.562. The zero-order chi connectivity index (χ0) is 15.4. The van der Waals surface area contributed by atoms with Crippen LogP contribution in [0.2, 0.25) is 0 Å². The quantitative estimate of drug-likeness (QED) is 0.919. The average molecular weight is 292 g/mol. The molecule has 0 bridgehead atoms. The number of phenols is 1. The van der Waals surface area contributed by atoms with E-state index in [-0.39, 0.29) is 11.7 Å². The lowest BCUT2D eigenvalue weighted by Gasteiger charge is -2.31. The highest BCUT2D eigenvalue weighted by atomic mass is 16.5. The van der Waals surface area contributed by atoms with Crippen molar-refractivity contribution >= 4 is 5.91 Å². The minimum absolute atomic E-state index is 0.0328. The van der Waals surface area contributed by atoms with Gasteiger partial charge < -0.3 is 19.6 Å². The van der Waals surface area contributed by atoms with Gasteiger partial charge in [0.15, 0.2) is 0 Å². The summed E-state index contributed by atoms with van der Waals surface area (Å²) in [7, 11) is 5.45. The summed E-state index contributed by atoms with van der Waals surface area (Å²) in [5.74, 6) is 0.904. The number of carbonyl (C=O) groups excluding carboxylic acids is 1. The lowest BCUT2D eigenvalue weighted by Crippen LogP contribution is -2.38. The van der Waals surface area contributed by atoms with Gasteiger partial charge in [-0.05, 0) is 51.0 Å². The van der Waals surface area contributed by atoms with E-state index in [2.05, 4.69) is 11.9 Å². The summed E-state index contributed by atoms with van der Waals surface area (Å²) in [6, 6.07) is 4.77. The Kier molecular flexibility index (Phi) is 5.07. The first-order valence-electron chi connectivity index (χ1n) is 7.32. The van der Waals surface area contributed by atoms with Crippen molar-refractivity contribution in [1.82, 2.24) is 9.80 Å². The van der Waals surface area contributed by atoms with Gasteiger partial charge in [0.1, 0.15) is 11.5 Å². The SMILES string of the molecule is COc1ccc(C(=O)N(C)CC2CCN(C)CC2)c(O)c1. The minimum Gasteiger partial charge on any atom is -0.507 e. The van der Waals surface area contributed by atoms with Gasteiger partial charge >= 0.3 is 0 Å². The maximum Gasteiger partial charge on any atom is 0.257 e. The summed E-state index contributed by atoms with van der Waals surface area (Å²) >= 11 is 0. The molecule has 0 aliphatic carbocycles. The molecule has 0 aromatic heterocycles. The molecule has 1 aliphatic rings. The van der Waals surface area contributed by atoms with Crippen molar-refractivity contribution < 1.29 is 14.6 Å².